The van der Waals surface area contributed by atoms with Crippen LogP contribution in [0.25, 0.3) is 0 Å². The van der Waals surface area contributed by atoms with Crippen molar-refractivity contribution in [3.8, 4) is 6.07 Å². The van der Waals surface area contributed by atoms with Gasteiger partial charge >= 0.3 is 5.82 Å². The van der Waals surface area contributed by atoms with E-state index in [2.05, 4.69) is 10.3 Å². The highest BCUT2D eigenvalue weighted by Crippen LogP contribution is 2.19. The summed E-state index contributed by atoms with van der Waals surface area (Å²) in [6.45, 7) is 0.0204. The van der Waals surface area contributed by atoms with E-state index in [9.17, 15) is 10.1 Å². The van der Waals surface area contributed by atoms with Crippen LogP contribution in [0.4, 0.5) is 11.5 Å². The molecule has 0 aliphatic rings. The number of nitrogens with zero attached hydrogens (tertiary/aromatic N) is 3. The zero-order valence-corrected chi connectivity index (χ0v) is 6.60. The van der Waals surface area contributed by atoms with Crippen molar-refractivity contribution in [2.75, 3.05) is 11.9 Å². The molecule has 66 valence electrons. The van der Waals surface area contributed by atoms with Crippen LogP contribution in [0.5, 0.6) is 0 Å². The van der Waals surface area contributed by atoms with Crippen molar-refractivity contribution in [1.29, 1.82) is 5.26 Å². The molecule has 1 heterocycles. The van der Waals surface area contributed by atoms with Crippen LogP contribution in [-0.2, 0) is 0 Å². The minimum atomic E-state index is -0.598. The quantitative estimate of drug-likeness (QED) is 0.422. The van der Waals surface area contributed by atoms with E-state index in [-0.39, 0.29) is 18.1 Å². The lowest BCUT2D eigenvalue weighted by Gasteiger charge is -2.00. The standard InChI is InChI=1S/C7H6N4O2/c8-3-5-9-6-2-1-4-10-7(6)11(12)13/h1-2,4,9H,5H2. The number of pyridine rings is 1. The van der Waals surface area contributed by atoms with Crippen molar-refractivity contribution in [2.45, 2.75) is 0 Å². The Hall–Kier alpha value is -2.16. The monoisotopic (exact) mass is 178 g/mol. The SMILES string of the molecule is N#CCNc1cccnc1[N+](=O)[O-]. The van der Waals surface area contributed by atoms with Gasteiger partial charge in [0, 0.05) is 0 Å². The first-order chi connectivity index (χ1) is 6.25. The smallest absolute Gasteiger partial charge is 0.365 e. The van der Waals surface area contributed by atoms with Crippen LogP contribution in [0.3, 0.4) is 0 Å². The van der Waals surface area contributed by atoms with E-state index in [1.807, 2.05) is 6.07 Å². The average Bonchev–Trinajstić information content (AvgIpc) is 2.15. The second-order valence-corrected chi connectivity index (χ2v) is 2.14. The van der Waals surface area contributed by atoms with E-state index < -0.39 is 4.92 Å². The lowest BCUT2D eigenvalue weighted by Crippen LogP contribution is -2.03. The van der Waals surface area contributed by atoms with Crippen LogP contribution in [-0.4, -0.2) is 16.5 Å². The number of nitrogens with one attached hydrogen (secondary N) is 1. The van der Waals surface area contributed by atoms with Crippen LogP contribution < -0.4 is 5.32 Å². The van der Waals surface area contributed by atoms with Gasteiger partial charge in [0.05, 0.1) is 6.07 Å². The van der Waals surface area contributed by atoms with Gasteiger partial charge in [0.1, 0.15) is 18.4 Å². The number of aromatic nitrogens is 1. The van der Waals surface area contributed by atoms with E-state index in [1.165, 1.54) is 12.3 Å². The fourth-order valence-corrected chi connectivity index (χ4v) is 0.815. The molecule has 0 atom stereocenters. The molecule has 0 aromatic carbocycles. The molecule has 0 bridgehead atoms. The van der Waals surface area contributed by atoms with Gasteiger partial charge in [-0.05, 0) is 22.0 Å². The molecule has 0 saturated carbocycles. The van der Waals surface area contributed by atoms with Crippen molar-refractivity contribution < 1.29 is 4.92 Å². The van der Waals surface area contributed by atoms with Gasteiger partial charge in [-0.1, -0.05) is 0 Å². The summed E-state index contributed by atoms with van der Waals surface area (Å²) in [5, 5.41) is 21.2. The number of hydrogen-bond donors (Lipinski definition) is 1. The highest BCUT2D eigenvalue weighted by Gasteiger charge is 2.12. The van der Waals surface area contributed by atoms with Crippen molar-refractivity contribution in [1.82, 2.24) is 4.98 Å². The Bertz CT molecular complexity index is 358. The first kappa shape index (κ1) is 8.93. The number of rotatable bonds is 3. The summed E-state index contributed by atoms with van der Waals surface area (Å²) < 4.78 is 0. The Labute approximate surface area is 74.0 Å². The maximum Gasteiger partial charge on any atom is 0.386 e. The fraction of sp³-hybridized carbons (Fsp3) is 0.143. The van der Waals surface area contributed by atoms with E-state index in [1.54, 1.807) is 6.07 Å². The molecule has 0 aliphatic carbocycles. The molecule has 1 N–H and O–H groups in total. The predicted molar refractivity (Wildman–Crippen MR) is 45.0 cm³/mol. The van der Waals surface area contributed by atoms with Gasteiger partial charge in [-0.15, -0.1) is 0 Å². The largest absolute Gasteiger partial charge is 0.386 e. The molecule has 0 amide bonds. The summed E-state index contributed by atoms with van der Waals surface area (Å²) >= 11 is 0. The van der Waals surface area contributed by atoms with E-state index in [4.69, 9.17) is 5.26 Å². The summed E-state index contributed by atoms with van der Waals surface area (Å²) in [6.07, 6.45) is 1.33. The third kappa shape index (κ3) is 2.13. The second-order valence-electron chi connectivity index (χ2n) is 2.14. The van der Waals surface area contributed by atoms with Crippen molar-refractivity contribution in [3.05, 3.63) is 28.4 Å². The highest BCUT2D eigenvalue weighted by atomic mass is 16.6. The molecule has 0 saturated heterocycles. The normalized spacial score (nSPS) is 8.85. The minimum absolute atomic E-state index is 0.0204. The van der Waals surface area contributed by atoms with Gasteiger partial charge in [-0.3, -0.25) is 0 Å². The molecule has 1 rings (SSSR count). The number of nitro groups is 1. The van der Waals surface area contributed by atoms with Gasteiger partial charge in [0.15, 0.2) is 0 Å². The number of anilines is 1. The van der Waals surface area contributed by atoms with Crippen LogP contribution >= 0.6 is 0 Å². The Balaban J connectivity index is 2.92. The molecule has 6 nitrogen and oxygen atoms in total. The third-order valence-electron chi connectivity index (χ3n) is 1.32. The summed E-state index contributed by atoms with van der Waals surface area (Å²) in [6, 6.07) is 4.89. The maximum absolute atomic E-state index is 10.4. The van der Waals surface area contributed by atoms with E-state index in [0.717, 1.165) is 0 Å². The molecule has 6 heteroatoms. The molecule has 0 aliphatic heterocycles. The number of nitriles is 1. The topological polar surface area (TPSA) is 91.8 Å². The second kappa shape index (κ2) is 4.01. The zero-order chi connectivity index (χ0) is 9.68. The lowest BCUT2D eigenvalue weighted by atomic mass is 10.4. The molecular weight excluding hydrogens is 172 g/mol. The molecule has 1 aromatic heterocycles. The van der Waals surface area contributed by atoms with Crippen LogP contribution in [0, 0.1) is 21.4 Å². The zero-order valence-electron chi connectivity index (χ0n) is 6.60. The van der Waals surface area contributed by atoms with Crippen LogP contribution in [0.15, 0.2) is 18.3 Å². The average molecular weight is 178 g/mol. The summed E-state index contributed by atoms with van der Waals surface area (Å²) in [4.78, 5) is 13.4. The highest BCUT2D eigenvalue weighted by molar-refractivity contribution is 5.56. The molecule has 0 fully saturated rings. The Morgan fingerprint density at radius 3 is 3.15 bits per heavy atom. The van der Waals surface area contributed by atoms with E-state index >= 15 is 0 Å². The van der Waals surface area contributed by atoms with Gasteiger partial charge in [-0.25, -0.2) is 0 Å². The minimum Gasteiger partial charge on any atom is -0.365 e. The van der Waals surface area contributed by atoms with Crippen molar-refractivity contribution >= 4 is 11.5 Å². The third-order valence-corrected chi connectivity index (χ3v) is 1.32. The predicted octanol–water partition coefficient (Wildman–Crippen LogP) is 0.925. The molecule has 0 radical (unpaired) electrons. The van der Waals surface area contributed by atoms with Crippen LogP contribution in [0.2, 0.25) is 0 Å². The fourth-order valence-electron chi connectivity index (χ4n) is 0.815. The Kier molecular flexibility index (Phi) is 2.76. The maximum atomic E-state index is 10.4. The Morgan fingerprint density at radius 2 is 2.54 bits per heavy atom. The summed E-state index contributed by atoms with van der Waals surface area (Å²) in [5.74, 6) is -0.266. The van der Waals surface area contributed by atoms with Crippen molar-refractivity contribution in [2.24, 2.45) is 0 Å². The summed E-state index contributed by atoms with van der Waals surface area (Å²) in [5.41, 5.74) is 0.258. The number of hydrogen-bond acceptors (Lipinski definition) is 5. The molecule has 1 aromatic rings. The molecule has 13 heavy (non-hydrogen) atoms. The van der Waals surface area contributed by atoms with E-state index in [0.29, 0.717) is 0 Å². The molecule has 0 unspecified atom stereocenters. The first-order valence-corrected chi connectivity index (χ1v) is 3.46. The van der Waals surface area contributed by atoms with Crippen LogP contribution in [0.1, 0.15) is 0 Å². The molecule has 0 spiro atoms. The molecular formula is C7H6N4O2. The van der Waals surface area contributed by atoms with Gasteiger partial charge in [0.25, 0.3) is 0 Å². The first-order valence-electron chi connectivity index (χ1n) is 3.46. The van der Waals surface area contributed by atoms with Gasteiger partial charge < -0.3 is 15.4 Å². The van der Waals surface area contributed by atoms with Gasteiger partial charge in [0.2, 0.25) is 0 Å². The Morgan fingerprint density at radius 1 is 1.77 bits per heavy atom. The van der Waals surface area contributed by atoms with Crippen molar-refractivity contribution in [3.63, 3.8) is 0 Å². The summed E-state index contributed by atoms with van der Waals surface area (Å²) in [7, 11) is 0. The lowest BCUT2D eigenvalue weighted by molar-refractivity contribution is -0.388. The van der Waals surface area contributed by atoms with Gasteiger partial charge in [-0.2, -0.15) is 5.26 Å².